The van der Waals surface area contributed by atoms with Crippen LogP contribution in [0.2, 0.25) is 0 Å². The first-order chi connectivity index (χ1) is 12.1. The van der Waals surface area contributed by atoms with Gasteiger partial charge >= 0.3 is 0 Å². The van der Waals surface area contributed by atoms with E-state index in [9.17, 15) is 4.39 Å². The van der Waals surface area contributed by atoms with Gasteiger partial charge in [0, 0.05) is 32.4 Å². The summed E-state index contributed by atoms with van der Waals surface area (Å²) in [5.74, 6) is 1.25. The number of rotatable bonds is 10. The minimum Gasteiger partial charge on any atom is -0.497 e. The number of nitrogens with zero attached hydrogens (tertiary/aromatic N) is 2. The summed E-state index contributed by atoms with van der Waals surface area (Å²) in [7, 11) is 1.65. The van der Waals surface area contributed by atoms with E-state index >= 15 is 0 Å². The van der Waals surface area contributed by atoms with Crippen LogP contribution in [0.5, 0.6) is 5.75 Å². The van der Waals surface area contributed by atoms with Crippen molar-refractivity contribution in [3.63, 3.8) is 0 Å². The number of hydrogen-bond acceptors (Lipinski definition) is 5. The topological polar surface area (TPSA) is 49.4 Å². The van der Waals surface area contributed by atoms with Crippen LogP contribution in [0.1, 0.15) is 12.5 Å². The second-order valence-corrected chi connectivity index (χ2v) is 5.52. The third-order valence-corrected chi connectivity index (χ3v) is 3.83. The smallest absolute Gasteiger partial charge is 0.164 e. The van der Waals surface area contributed by atoms with Crippen LogP contribution in [0.15, 0.2) is 55.1 Å². The normalized spacial score (nSPS) is 10.2. The van der Waals surface area contributed by atoms with Gasteiger partial charge in [-0.2, -0.15) is 0 Å². The third kappa shape index (κ3) is 5.67. The van der Waals surface area contributed by atoms with E-state index in [4.69, 9.17) is 4.74 Å². The van der Waals surface area contributed by atoms with Crippen molar-refractivity contribution in [1.29, 1.82) is 0 Å². The Hall–Kier alpha value is -2.76. The zero-order chi connectivity index (χ0) is 18.1. The molecule has 134 valence electrons. The zero-order valence-electron chi connectivity index (χ0n) is 14.8. The van der Waals surface area contributed by atoms with E-state index in [1.165, 1.54) is 6.20 Å². The van der Waals surface area contributed by atoms with Crippen molar-refractivity contribution >= 4 is 5.69 Å². The predicted molar refractivity (Wildman–Crippen MR) is 99.1 cm³/mol. The lowest BCUT2D eigenvalue weighted by Gasteiger charge is -2.24. The number of halogens is 1. The molecule has 0 amide bonds. The molecule has 1 aromatic heterocycles. The predicted octanol–water partition coefficient (Wildman–Crippen LogP) is 2.91. The van der Waals surface area contributed by atoms with E-state index in [0.29, 0.717) is 31.9 Å². The maximum Gasteiger partial charge on any atom is 0.164 e. The Morgan fingerprint density at radius 2 is 2.16 bits per heavy atom. The summed E-state index contributed by atoms with van der Waals surface area (Å²) in [6.45, 7) is 8.65. The van der Waals surface area contributed by atoms with Gasteiger partial charge in [0.05, 0.1) is 24.8 Å². The molecule has 1 aromatic carbocycles. The van der Waals surface area contributed by atoms with Gasteiger partial charge in [0.25, 0.3) is 0 Å². The van der Waals surface area contributed by atoms with Crippen LogP contribution in [0, 0.1) is 5.82 Å². The molecule has 1 heterocycles. The van der Waals surface area contributed by atoms with E-state index in [-0.39, 0.29) is 5.82 Å². The Labute approximate surface area is 148 Å². The summed E-state index contributed by atoms with van der Waals surface area (Å²) < 4.78 is 19.0. The molecule has 2 N–H and O–H groups in total. The Balaban J connectivity index is 1.76. The lowest BCUT2D eigenvalue weighted by atomic mass is 10.2. The highest BCUT2D eigenvalue weighted by Crippen LogP contribution is 2.16. The molecule has 5 nitrogen and oxygen atoms in total. The van der Waals surface area contributed by atoms with Crippen LogP contribution in [-0.2, 0) is 6.54 Å². The minimum absolute atomic E-state index is 0.306. The fourth-order valence-electron chi connectivity index (χ4n) is 2.47. The van der Waals surface area contributed by atoms with E-state index in [2.05, 4.69) is 22.2 Å². The molecule has 0 fully saturated rings. The lowest BCUT2D eigenvalue weighted by Crippen LogP contribution is -2.35. The molecule has 0 bridgehead atoms. The van der Waals surface area contributed by atoms with Gasteiger partial charge in [-0.25, -0.2) is 4.39 Å². The summed E-state index contributed by atoms with van der Waals surface area (Å²) in [6, 6.07) is 9.55. The van der Waals surface area contributed by atoms with Gasteiger partial charge in [0.1, 0.15) is 5.75 Å². The van der Waals surface area contributed by atoms with Crippen LogP contribution in [0.25, 0.3) is 0 Å². The summed E-state index contributed by atoms with van der Waals surface area (Å²) in [5, 5.41) is 6.45. The van der Waals surface area contributed by atoms with Crippen molar-refractivity contribution in [2.24, 2.45) is 0 Å². The van der Waals surface area contributed by atoms with Crippen molar-refractivity contribution in [3.05, 3.63) is 66.5 Å². The molecule has 25 heavy (non-hydrogen) atoms. The van der Waals surface area contributed by atoms with E-state index in [0.717, 1.165) is 17.1 Å². The Morgan fingerprint density at radius 3 is 2.88 bits per heavy atom. The van der Waals surface area contributed by atoms with Crippen molar-refractivity contribution in [1.82, 2.24) is 15.6 Å². The number of hydrogen-bond donors (Lipinski definition) is 2. The van der Waals surface area contributed by atoms with E-state index < -0.39 is 0 Å². The standard InChI is InChI=1S/C19H25FN4O/c1-4-24(19-8-9-21-14-18(19)20)11-10-22-15(2)23-13-16-6-5-7-17(12-16)25-3/h5-9,12,14,22-23H,2,4,10-11,13H2,1,3H3. The van der Waals surface area contributed by atoms with Gasteiger partial charge in [-0.1, -0.05) is 18.7 Å². The first-order valence-corrected chi connectivity index (χ1v) is 8.28. The quantitative estimate of drug-likeness (QED) is 0.694. The highest BCUT2D eigenvalue weighted by atomic mass is 19.1. The van der Waals surface area contributed by atoms with Crippen LogP contribution in [-0.4, -0.2) is 31.7 Å². The van der Waals surface area contributed by atoms with Crippen LogP contribution in [0.3, 0.4) is 0 Å². The highest BCUT2D eigenvalue weighted by molar-refractivity contribution is 5.46. The molecular weight excluding hydrogens is 319 g/mol. The number of methoxy groups -OCH3 is 1. The monoisotopic (exact) mass is 344 g/mol. The first kappa shape index (κ1) is 18.6. The van der Waals surface area contributed by atoms with Gasteiger partial charge in [0.2, 0.25) is 0 Å². The number of pyridine rings is 1. The van der Waals surface area contributed by atoms with Crippen molar-refractivity contribution in [2.45, 2.75) is 13.5 Å². The minimum atomic E-state index is -0.306. The summed E-state index contributed by atoms with van der Waals surface area (Å²) in [6.07, 6.45) is 2.84. The molecular formula is C19H25FN4O. The fraction of sp³-hybridized carbons (Fsp3) is 0.316. The Morgan fingerprint density at radius 1 is 1.32 bits per heavy atom. The van der Waals surface area contributed by atoms with Crippen molar-refractivity contribution in [3.8, 4) is 5.75 Å². The van der Waals surface area contributed by atoms with Crippen LogP contribution >= 0.6 is 0 Å². The number of anilines is 1. The number of benzene rings is 1. The molecule has 0 atom stereocenters. The molecule has 6 heteroatoms. The van der Waals surface area contributed by atoms with Gasteiger partial charge in [-0.3, -0.25) is 4.98 Å². The lowest BCUT2D eigenvalue weighted by molar-refractivity contribution is 0.414. The number of likely N-dealkylation sites (N-methyl/N-ethyl adjacent to an activating group) is 1. The molecule has 0 aliphatic carbocycles. The maximum atomic E-state index is 13.8. The van der Waals surface area contributed by atoms with Gasteiger partial charge in [0.15, 0.2) is 5.82 Å². The largest absolute Gasteiger partial charge is 0.497 e. The van der Waals surface area contributed by atoms with Crippen LogP contribution < -0.4 is 20.3 Å². The van der Waals surface area contributed by atoms with E-state index in [1.807, 2.05) is 36.1 Å². The molecule has 0 aliphatic heterocycles. The third-order valence-electron chi connectivity index (χ3n) is 3.83. The molecule has 0 radical (unpaired) electrons. The molecule has 0 aliphatic rings. The second kappa shape index (κ2) is 9.52. The fourth-order valence-corrected chi connectivity index (χ4v) is 2.47. The molecule has 2 aromatic rings. The molecule has 0 spiro atoms. The van der Waals surface area contributed by atoms with Gasteiger partial charge in [-0.05, 0) is 30.7 Å². The Bertz CT molecular complexity index is 693. The average molecular weight is 344 g/mol. The molecule has 0 saturated heterocycles. The van der Waals surface area contributed by atoms with Crippen LogP contribution in [0.4, 0.5) is 10.1 Å². The Kier molecular flexibility index (Phi) is 7.07. The maximum absolute atomic E-state index is 13.8. The highest BCUT2D eigenvalue weighted by Gasteiger charge is 2.09. The first-order valence-electron chi connectivity index (χ1n) is 8.28. The summed E-state index contributed by atoms with van der Waals surface area (Å²) in [5.41, 5.74) is 1.67. The SMILES string of the molecule is C=C(NCCN(CC)c1ccncc1F)NCc1cccc(OC)c1. The summed E-state index contributed by atoms with van der Waals surface area (Å²) >= 11 is 0. The van der Waals surface area contributed by atoms with Crippen molar-refractivity contribution < 1.29 is 9.13 Å². The van der Waals surface area contributed by atoms with Gasteiger partial charge < -0.3 is 20.3 Å². The van der Waals surface area contributed by atoms with Gasteiger partial charge in [-0.15, -0.1) is 0 Å². The zero-order valence-corrected chi connectivity index (χ0v) is 14.8. The number of aromatic nitrogens is 1. The molecule has 0 saturated carbocycles. The molecule has 2 rings (SSSR count). The second-order valence-electron chi connectivity index (χ2n) is 5.52. The average Bonchev–Trinajstić information content (AvgIpc) is 2.64. The van der Waals surface area contributed by atoms with E-state index in [1.54, 1.807) is 19.4 Å². The number of nitrogens with one attached hydrogen (secondary N) is 2. The van der Waals surface area contributed by atoms with Crippen molar-refractivity contribution in [2.75, 3.05) is 31.6 Å². The number of ether oxygens (including phenoxy) is 1. The molecule has 0 unspecified atom stereocenters. The summed E-state index contributed by atoms with van der Waals surface area (Å²) in [4.78, 5) is 5.74.